The molecule has 0 radical (unpaired) electrons. The lowest BCUT2D eigenvalue weighted by Gasteiger charge is -2.27. The van der Waals surface area contributed by atoms with Crippen molar-refractivity contribution in [2.24, 2.45) is 5.92 Å². The molecule has 2 atom stereocenters. The van der Waals surface area contributed by atoms with E-state index in [4.69, 9.17) is 9.47 Å². The maximum Gasteiger partial charge on any atom is 0.137 e. The summed E-state index contributed by atoms with van der Waals surface area (Å²) in [6, 6.07) is 2.24. The molecule has 0 saturated heterocycles. The molecule has 2 unspecified atom stereocenters. The largest absolute Gasteiger partial charge is 0.495 e. The smallest absolute Gasteiger partial charge is 0.137 e. The second-order valence-corrected chi connectivity index (χ2v) is 5.13. The van der Waals surface area contributed by atoms with Gasteiger partial charge in [-0.2, -0.15) is 0 Å². The van der Waals surface area contributed by atoms with Crippen LogP contribution in [-0.4, -0.2) is 31.9 Å². The molecule has 0 aliphatic heterocycles. The van der Waals surface area contributed by atoms with Crippen LogP contribution in [0.2, 0.25) is 0 Å². The van der Waals surface area contributed by atoms with E-state index in [0.29, 0.717) is 5.92 Å². The molecule has 1 aliphatic rings. The first kappa shape index (κ1) is 14.3. The number of rotatable bonds is 8. The maximum absolute atomic E-state index is 5.73. The van der Waals surface area contributed by atoms with Gasteiger partial charge >= 0.3 is 0 Å². The SMILES string of the molecule is CCCNC(c1cncc(OC)c1)C(OC)C1CC1. The lowest BCUT2D eigenvalue weighted by atomic mass is 9.99. The normalized spacial score (nSPS) is 18.1. The minimum absolute atomic E-state index is 0.194. The number of hydrogen-bond acceptors (Lipinski definition) is 4. The van der Waals surface area contributed by atoms with Crippen molar-refractivity contribution < 1.29 is 9.47 Å². The Balaban J connectivity index is 2.19. The zero-order valence-corrected chi connectivity index (χ0v) is 12.1. The van der Waals surface area contributed by atoms with Gasteiger partial charge < -0.3 is 14.8 Å². The van der Waals surface area contributed by atoms with Crippen LogP contribution < -0.4 is 10.1 Å². The zero-order valence-electron chi connectivity index (χ0n) is 12.1. The fourth-order valence-corrected chi connectivity index (χ4v) is 2.47. The minimum Gasteiger partial charge on any atom is -0.495 e. The molecule has 4 nitrogen and oxygen atoms in total. The van der Waals surface area contributed by atoms with Gasteiger partial charge in [-0.1, -0.05) is 6.92 Å². The van der Waals surface area contributed by atoms with Crippen molar-refractivity contribution >= 4 is 0 Å². The maximum atomic E-state index is 5.73. The summed E-state index contributed by atoms with van der Waals surface area (Å²) in [4.78, 5) is 4.26. The predicted octanol–water partition coefficient (Wildman–Crippen LogP) is 2.56. The van der Waals surface area contributed by atoms with E-state index >= 15 is 0 Å². The average molecular weight is 264 g/mol. The Bertz CT molecular complexity index is 393. The summed E-state index contributed by atoms with van der Waals surface area (Å²) in [5, 5.41) is 3.59. The molecular weight excluding hydrogens is 240 g/mol. The summed E-state index contributed by atoms with van der Waals surface area (Å²) in [7, 11) is 3.47. The number of pyridine rings is 1. The van der Waals surface area contributed by atoms with Crippen LogP contribution in [0.25, 0.3) is 0 Å². The third-order valence-corrected chi connectivity index (χ3v) is 3.63. The van der Waals surface area contributed by atoms with Gasteiger partial charge in [-0.05, 0) is 43.4 Å². The summed E-state index contributed by atoms with van der Waals surface area (Å²) >= 11 is 0. The predicted molar refractivity (Wildman–Crippen MR) is 75.3 cm³/mol. The molecule has 106 valence electrons. The lowest BCUT2D eigenvalue weighted by molar-refractivity contribution is 0.0505. The van der Waals surface area contributed by atoms with Gasteiger partial charge in [0.25, 0.3) is 0 Å². The Labute approximate surface area is 115 Å². The molecule has 1 fully saturated rings. The first-order chi connectivity index (χ1) is 9.30. The molecule has 1 N–H and O–H groups in total. The van der Waals surface area contributed by atoms with E-state index in [0.717, 1.165) is 24.3 Å². The summed E-state index contributed by atoms with van der Waals surface area (Å²) in [5.41, 5.74) is 1.14. The van der Waals surface area contributed by atoms with Crippen LogP contribution in [0.3, 0.4) is 0 Å². The summed E-state index contributed by atoms with van der Waals surface area (Å²) < 4.78 is 11.0. The fraction of sp³-hybridized carbons (Fsp3) is 0.667. The first-order valence-corrected chi connectivity index (χ1v) is 7.05. The molecule has 0 aromatic carbocycles. The van der Waals surface area contributed by atoms with E-state index in [9.17, 15) is 0 Å². The molecule has 0 bridgehead atoms. The van der Waals surface area contributed by atoms with Crippen LogP contribution in [0.4, 0.5) is 0 Å². The van der Waals surface area contributed by atoms with Crippen molar-refractivity contribution in [3.05, 3.63) is 24.0 Å². The Morgan fingerprint density at radius 3 is 2.74 bits per heavy atom. The highest BCUT2D eigenvalue weighted by molar-refractivity contribution is 5.27. The van der Waals surface area contributed by atoms with E-state index in [2.05, 4.69) is 23.3 Å². The van der Waals surface area contributed by atoms with E-state index in [1.165, 1.54) is 12.8 Å². The van der Waals surface area contributed by atoms with Gasteiger partial charge in [-0.25, -0.2) is 0 Å². The number of nitrogens with one attached hydrogen (secondary N) is 1. The number of ether oxygens (including phenoxy) is 2. The lowest BCUT2D eigenvalue weighted by Crippen LogP contribution is -2.35. The second-order valence-electron chi connectivity index (χ2n) is 5.13. The van der Waals surface area contributed by atoms with Crippen LogP contribution in [0.1, 0.15) is 37.8 Å². The minimum atomic E-state index is 0.194. The highest BCUT2D eigenvalue weighted by Crippen LogP contribution is 2.40. The summed E-state index contributed by atoms with van der Waals surface area (Å²) in [6.07, 6.45) is 7.50. The van der Waals surface area contributed by atoms with Gasteiger partial charge in [0, 0.05) is 13.3 Å². The number of nitrogens with zero attached hydrogens (tertiary/aromatic N) is 1. The molecule has 0 spiro atoms. The van der Waals surface area contributed by atoms with Crippen LogP contribution >= 0.6 is 0 Å². The molecule has 1 heterocycles. The summed E-state index contributed by atoms with van der Waals surface area (Å²) in [6.45, 7) is 3.15. The standard InChI is InChI=1S/C15H24N2O2/c1-4-7-17-14(15(19-3)11-5-6-11)12-8-13(18-2)10-16-9-12/h8-11,14-15,17H,4-7H2,1-3H3. The van der Waals surface area contributed by atoms with Gasteiger partial charge in [0.15, 0.2) is 0 Å². The third kappa shape index (κ3) is 3.67. The molecule has 1 aliphatic carbocycles. The summed E-state index contributed by atoms with van der Waals surface area (Å²) in [5.74, 6) is 1.47. The number of aromatic nitrogens is 1. The van der Waals surface area contributed by atoms with Crippen LogP contribution in [0, 0.1) is 5.92 Å². The van der Waals surface area contributed by atoms with Crippen molar-refractivity contribution in [1.29, 1.82) is 0 Å². The topological polar surface area (TPSA) is 43.4 Å². The third-order valence-electron chi connectivity index (χ3n) is 3.63. The number of methoxy groups -OCH3 is 2. The highest BCUT2D eigenvalue weighted by Gasteiger charge is 2.37. The molecule has 19 heavy (non-hydrogen) atoms. The fourth-order valence-electron chi connectivity index (χ4n) is 2.47. The molecule has 1 aromatic rings. The van der Waals surface area contributed by atoms with E-state index in [1.807, 2.05) is 6.20 Å². The van der Waals surface area contributed by atoms with Gasteiger partial charge in [0.2, 0.25) is 0 Å². The van der Waals surface area contributed by atoms with E-state index < -0.39 is 0 Å². The van der Waals surface area contributed by atoms with Crippen molar-refractivity contribution in [3.8, 4) is 5.75 Å². The molecule has 4 heteroatoms. The van der Waals surface area contributed by atoms with Gasteiger partial charge in [-0.15, -0.1) is 0 Å². The Morgan fingerprint density at radius 1 is 1.37 bits per heavy atom. The van der Waals surface area contributed by atoms with Crippen LogP contribution in [0.15, 0.2) is 18.5 Å². The molecular formula is C15H24N2O2. The Kier molecular flexibility index (Phi) is 5.16. The monoisotopic (exact) mass is 264 g/mol. The van der Waals surface area contributed by atoms with Crippen molar-refractivity contribution in [1.82, 2.24) is 10.3 Å². The molecule has 2 rings (SSSR count). The van der Waals surface area contributed by atoms with E-state index in [-0.39, 0.29) is 12.1 Å². The molecule has 0 amide bonds. The van der Waals surface area contributed by atoms with E-state index in [1.54, 1.807) is 20.4 Å². The van der Waals surface area contributed by atoms with Gasteiger partial charge in [0.1, 0.15) is 5.75 Å². The van der Waals surface area contributed by atoms with Crippen LogP contribution in [-0.2, 0) is 4.74 Å². The van der Waals surface area contributed by atoms with Gasteiger partial charge in [0.05, 0.1) is 25.5 Å². The molecule has 1 saturated carbocycles. The Hall–Kier alpha value is -1.13. The zero-order chi connectivity index (χ0) is 13.7. The quantitative estimate of drug-likeness (QED) is 0.783. The highest BCUT2D eigenvalue weighted by atomic mass is 16.5. The van der Waals surface area contributed by atoms with Crippen molar-refractivity contribution in [2.45, 2.75) is 38.3 Å². The van der Waals surface area contributed by atoms with Crippen molar-refractivity contribution in [2.75, 3.05) is 20.8 Å². The van der Waals surface area contributed by atoms with Crippen molar-refractivity contribution in [3.63, 3.8) is 0 Å². The van der Waals surface area contributed by atoms with Crippen LogP contribution in [0.5, 0.6) is 5.75 Å². The Morgan fingerprint density at radius 2 is 2.16 bits per heavy atom. The second kappa shape index (κ2) is 6.87. The first-order valence-electron chi connectivity index (χ1n) is 7.05. The number of hydrogen-bond donors (Lipinski definition) is 1. The van der Waals surface area contributed by atoms with Gasteiger partial charge in [-0.3, -0.25) is 4.98 Å². The average Bonchev–Trinajstić information content (AvgIpc) is 3.28. The molecule has 1 aromatic heterocycles.